The lowest BCUT2D eigenvalue weighted by atomic mass is 9.93. The molecule has 148 valence electrons. The Hall–Kier alpha value is -2.70. The van der Waals surface area contributed by atoms with Gasteiger partial charge in [-0.2, -0.15) is 0 Å². The molecule has 7 nitrogen and oxygen atoms in total. The van der Waals surface area contributed by atoms with Crippen molar-refractivity contribution in [3.05, 3.63) is 35.9 Å². The van der Waals surface area contributed by atoms with Gasteiger partial charge >= 0.3 is 11.9 Å². The van der Waals surface area contributed by atoms with Crippen LogP contribution in [0.5, 0.6) is 0 Å². The van der Waals surface area contributed by atoms with Crippen molar-refractivity contribution in [2.24, 2.45) is 10.4 Å². The molecule has 0 radical (unpaired) electrons. The molecular weight excluding hydrogens is 348 g/mol. The first-order valence-corrected chi connectivity index (χ1v) is 8.78. The van der Waals surface area contributed by atoms with Gasteiger partial charge in [-0.3, -0.25) is 14.6 Å². The molecule has 1 amide bonds. The van der Waals surface area contributed by atoms with Gasteiger partial charge < -0.3 is 15.2 Å². The zero-order valence-corrected chi connectivity index (χ0v) is 16.3. The molecule has 27 heavy (non-hydrogen) atoms. The Balaban J connectivity index is 2.89. The highest BCUT2D eigenvalue weighted by Gasteiger charge is 2.27. The highest BCUT2D eigenvalue weighted by Crippen LogP contribution is 2.16. The molecule has 7 heteroatoms. The van der Waals surface area contributed by atoms with E-state index >= 15 is 0 Å². The summed E-state index contributed by atoms with van der Waals surface area (Å²) in [5.41, 5.74) is 0.814. The molecular formula is C20H28N2O5. The predicted molar refractivity (Wildman–Crippen MR) is 103 cm³/mol. The predicted octanol–water partition coefficient (Wildman–Crippen LogP) is 2.24. The molecule has 0 bridgehead atoms. The van der Waals surface area contributed by atoms with Gasteiger partial charge in [0.1, 0.15) is 12.1 Å². The first kappa shape index (κ1) is 22.3. The number of ether oxygens (including phenoxy) is 1. The van der Waals surface area contributed by atoms with Gasteiger partial charge in [0.25, 0.3) is 0 Å². The number of amides is 1. The van der Waals surface area contributed by atoms with E-state index in [1.807, 2.05) is 51.1 Å². The van der Waals surface area contributed by atoms with Gasteiger partial charge in [-0.25, -0.2) is 4.79 Å². The lowest BCUT2D eigenvalue weighted by molar-refractivity contribution is -0.145. The van der Waals surface area contributed by atoms with Crippen LogP contribution >= 0.6 is 0 Å². The molecule has 2 atom stereocenters. The molecule has 1 aromatic carbocycles. The molecule has 0 spiro atoms. The number of carboxylic acid groups (broad SMARTS) is 1. The van der Waals surface area contributed by atoms with Crippen molar-refractivity contribution in [1.29, 1.82) is 0 Å². The normalized spacial score (nSPS) is 13.8. The number of rotatable bonds is 9. The molecule has 1 rings (SSSR count). The van der Waals surface area contributed by atoms with Gasteiger partial charge in [-0.1, -0.05) is 51.1 Å². The number of hydrogen-bond donors (Lipinski definition) is 2. The van der Waals surface area contributed by atoms with Crippen LogP contribution in [0.4, 0.5) is 0 Å². The van der Waals surface area contributed by atoms with E-state index in [9.17, 15) is 14.4 Å². The van der Waals surface area contributed by atoms with Crippen LogP contribution < -0.4 is 5.32 Å². The maximum absolute atomic E-state index is 12.6. The van der Waals surface area contributed by atoms with Crippen molar-refractivity contribution in [2.75, 3.05) is 7.11 Å². The Morgan fingerprint density at radius 2 is 1.85 bits per heavy atom. The Morgan fingerprint density at radius 1 is 1.22 bits per heavy atom. The van der Waals surface area contributed by atoms with Crippen LogP contribution in [0.1, 0.15) is 39.2 Å². The van der Waals surface area contributed by atoms with E-state index in [1.165, 1.54) is 7.11 Å². The molecule has 0 heterocycles. The third-order valence-corrected chi connectivity index (χ3v) is 3.74. The molecule has 0 saturated carbocycles. The van der Waals surface area contributed by atoms with Crippen LogP contribution in [0, 0.1) is 5.41 Å². The highest BCUT2D eigenvalue weighted by molar-refractivity contribution is 5.91. The van der Waals surface area contributed by atoms with E-state index in [2.05, 4.69) is 10.3 Å². The summed E-state index contributed by atoms with van der Waals surface area (Å²) in [6.45, 7) is 6.04. The summed E-state index contributed by atoms with van der Waals surface area (Å²) in [4.78, 5) is 39.8. The van der Waals surface area contributed by atoms with E-state index in [1.54, 1.807) is 6.21 Å². The molecule has 1 aromatic rings. The fourth-order valence-electron chi connectivity index (χ4n) is 2.29. The third-order valence-electron chi connectivity index (χ3n) is 3.74. The van der Waals surface area contributed by atoms with Gasteiger partial charge in [0, 0.05) is 12.6 Å². The van der Waals surface area contributed by atoms with Crippen LogP contribution in [0.3, 0.4) is 0 Å². The lowest BCUT2D eigenvalue weighted by Crippen LogP contribution is -2.47. The van der Waals surface area contributed by atoms with E-state index < -0.39 is 36.4 Å². The number of hydrogen-bond acceptors (Lipinski definition) is 5. The number of carboxylic acids is 1. The standard InChI is InChI=1S/C20H28N2O5/c1-20(2,3)10-11-21-15(13-17(23)24)18(25)22-16(19(26)27-4)12-14-8-6-5-7-9-14/h5-9,11,15-16H,10,12-13H2,1-4H3,(H,22,25)(H,23,24)/t15-,16?/m0/s1. The Morgan fingerprint density at radius 3 is 2.37 bits per heavy atom. The quantitative estimate of drug-likeness (QED) is 0.508. The van der Waals surface area contributed by atoms with Crippen molar-refractivity contribution in [2.45, 2.75) is 52.1 Å². The average Bonchev–Trinajstić information content (AvgIpc) is 2.59. The number of nitrogens with one attached hydrogen (secondary N) is 1. The van der Waals surface area contributed by atoms with Crippen LogP contribution in [0.25, 0.3) is 0 Å². The van der Waals surface area contributed by atoms with E-state index in [0.717, 1.165) is 5.56 Å². The second-order valence-corrected chi connectivity index (χ2v) is 7.48. The molecule has 0 aliphatic rings. The summed E-state index contributed by atoms with van der Waals surface area (Å²) in [7, 11) is 1.24. The van der Waals surface area contributed by atoms with Crippen molar-refractivity contribution in [1.82, 2.24) is 5.32 Å². The summed E-state index contributed by atoms with van der Waals surface area (Å²) < 4.78 is 4.76. The number of benzene rings is 1. The first-order valence-electron chi connectivity index (χ1n) is 8.78. The van der Waals surface area contributed by atoms with Crippen LogP contribution in [-0.4, -0.2) is 48.4 Å². The number of carbonyl (C=O) groups is 3. The Kier molecular flexibility index (Phi) is 8.65. The monoisotopic (exact) mass is 376 g/mol. The number of aliphatic imine (C=N–C) groups is 1. The van der Waals surface area contributed by atoms with Gasteiger partial charge in [0.05, 0.1) is 13.5 Å². The number of methoxy groups -OCH3 is 1. The van der Waals surface area contributed by atoms with Crippen molar-refractivity contribution in [3.8, 4) is 0 Å². The molecule has 0 saturated heterocycles. The van der Waals surface area contributed by atoms with Crippen molar-refractivity contribution in [3.63, 3.8) is 0 Å². The highest BCUT2D eigenvalue weighted by atomic mass is 16.5. The van der Waals surface area contributed by atoms with E-state index in [-0.39, 0.29) is 11.8 Å². The SMILES string of the molecule is COC(=O)C(Cc1ccccc1)NC(=O)[C@H](CC(=O)O)N=CCC(C)(C)C. The van der Waals surface area contributed by atoms with Crippen molar-refractivity contribution >= 4 is 24.1 Å². The Labute approximate surface area is 159 Å². The fourth-order valence-corrected chi connectivity index (χ4v) is 2.29. The lowest BCUT2D eigenvalue weighted by Gasteiger charge is -2.19. The largest absolute Gasteiger partial charge is 0.481 e. The molecule has 2 N–H and O–H groups in total. The molecule has 1 unspecified atom stereocenters. The topological polar surface area (TPSA) is 105 Å². The second kappa shape index (κ2) is 10.4. The zero-order valence-electron chi connectivity index (χ0n) is 16.3. The van der Waals surface area contributed by atoms with E-state index in [0.29, 0.717) is 6.42 Å². The molecule has 0 aliphatic heterocycles. The Bertz CT molecular complexity index is 665. The third kappa shape index (κ3) is 8.99. The first-order chi connectivity index (χ1) is 12.6. The number of carbonyl (C=O) groups excluding carboxylic acids is 2. The fraction of sp³-hybridized carbons (Fsp3) is 0.500. The smallest absolute Gasteiger partial charge is 0.328 e. The summed E-state index contributed by atoms with van der Waals surface area (Å²) in [5, 5.41) is 11.6. The molecule has 0 aromatic heterocycles. The number of esters is 1. The number of aliphatic carboxylic acids is 1. The van der Waals surface area contributed by atoms with Gasteiger partial charge in [-0.15, -0.1) is 0 Å². The minimum Gasteiger partial charge on any atom is -0.481 e. The van der Waals surface area contributed by atoms with Gasteiger partial charge in [-0.05, 0) is 17.4 Å². The van der Waals surface area contributed by atoms with Gasteiger partial charge in [0.15, 0.2) is 0 Å². The minimum absolute atomic E-state index is 0.0321. The summed E-state index contributed by atoms with van der Waals surface area (Å²) >= 11 is 0. The summed E-state index contributed by atoms with van der Waals surface area (Å²) in [6.07, 6.45) is 1.95. The van der Waals surface area contributed by atoms with Crippen LogP contribution in [0.15, 0.2) is 35.3 Å². The second-order valence-electron chi connectivity index (χ2n) is 7.48. The van der Waals surface area contributed by atoms with E-state index in [4.69, 9.17) is 9.84 Å². The molecule has 0 fully saturated rings. The van der Waals surface area contributed by atoms with Crippen molar-refractivity contribution < 1.29 is 24.2 Å². The van der Waals surface area contributed by atoms with Crippen LogP contribution in [0.2, 0.25) is 0 Å². The minimum atomic E-state index is -1.14. The van der Waals surface area contributed by atoms with Crippen LogP contribution in [-0.2, 0) is 25.5 Å². The summed E-state index contributed by atoms with van der Waals surface area (Å²) in [5.74, 6) is -2.35. The zero-order chi connectivity index (χ0) is 20.4. The maximum atomic E-state index is 12.6. The maximum Gasteiger partial charge on any atom is 0.328 e. The van der Waals surface area contributed by atoms with Gasteiger partial charge in [0.2, 0.25) is 5.91 Å². The number of nitrogens with zero attached hydrogens (tertiary/aromatic N) is 1. The average molecular weight is 376 g/mol. The summed E-state index contributed by atoms with van der Waals surface area (Å²) in [6, 6.07) is 7.15. The molecule has 0 aliphatic carbocycles.